The second-order valence-electron chi connectivity index (χ2n) is 6.19. The molecule has 1 unspecified atom stereocenters. The molecule has 1 aromatic carbocycles. The molecule has 1 heterocycles. The lowest BCUT2D eigenvalue weighted by molar-refractivity contribution is -0.137. The molecule has 3 rings (SSSR count). The second kappa shape index (κ2) is 7.00. The van der Waals surface area contributed by atoms with E-state index in [0.717, 1.165) is 31.5 Å². The molecule has 0 bridgehead atoms. The number of halogens is 3. The number of nitrogens with one attached hydrogen (secondary N) is 1. The average molecular weight is 366 g/mol. The first-order valence-electron chi connectivity index (χ1n) is 7.96. The lowest BCUT2D eigenvalue weighted by atomic mass is 9.90. The number of aryl methyl sites for hydroxylation is 1. The van der Waals surface area contributed by atoms with Crippen LogP contribution in [0.2, 0.25) is 0 Å². The van der Waals surface area contributed by atoms with Crippen molar-refractivity contribution in [1.82, 2.24) is 5.43 Å². The molecular weight excluding hydrogens is 349 g/mol. The van der Waals surface area contributed by atoms with Crippen LogP contribution in [0.5, 0.6) is 0 Å². The van der Waals surface area contributed by atoms with Crippen LogP contribution >= 0.6 is 11.3 Å². The molecule has 0 radical (unpaired) electrons. The van der Waals surface area contributed by atoms with Gasteiger partial charge in [-0.15, -0.1) is 11.3 Å². The number of alkyl halides is 3. The van der Waals surface area contributed by atoms with Gasteiger partial charge in [-0.1, -0.05) is 25.1 Å². The van der Waals surface area contributed by atoms with E-state index in [2.05, 4.69) is 17.5 Å². The van der Waals surface area contributed by atoms with Gasteiger partial charge in [-0.25, -0.2) is 5.43 Å². The zero-order valence-corrected chi connectivity index (χ0v) is 14.4. The predicted molar refractivity (Wildman–Crippen MR) is 92.0 cm³/mol. The first-order valence-corrected chi connectivity index (χ1v) is 8.77. The third-order valence-corrected chi connectivity index (χ3v) is 5.42. The van der Waals surface area contributed by atoms with E-state index in [1.807, 2.05) is 6.07 Å². The summed E-state index contributed by atoms with van der Waals surface area (Å²) in [5.41, 5.74) is 2.64. The average Bonchev–Trinajstić information content (AvgIpc) is 2.97. The van der Waals surface area contributed by atoms with E-state index >= 15 is 0 Å². The number of fused-ring (bicyclic) bond motifs is 1. The van der Waals surface area contributed by atoms with E-state index in [4.69, 9.17) is 0 Å². The standard InChI is InChI=1S/C18H17F3N2OS/c1-11-6-7-15-13(8-11)9-16(25-15)17(24)23-22-10-12-4-2-3-5-14(12)18(19,20)21/h2-5,9-11H,6-8H2,1H3,(H,23,24). The molecule has 1 aliphatic rings. The van der Waals surface area contributed by atoms with Gasteiger partial charge in [-0.2, -0.15) is 18.3 Å². The fraction of sp³-hybridized carbons (Fsp3) is 0.333. The monoisotopic (exact) mass is 366 g/mol. The van der Waals surface area contributed by atoms with Crippen LogP contribution in [-0.4, -0.2) is 12.1 Å². The van der Waals surface area contributed by atoms with Crippen molar-refractivity contribution in [3.05, 3.63) is 56.8 Å². The zero-order valence-electron chi connectivity index (χ0n) is 13.6. The third-order valence-electron chi connectivity index (χ3n) is 4.19. The van der Waals surface area contributed by atoms with Crippen LogP contribution in [0.4, 0.5) is 13.2 Å². The van der Waals surface area contributed by atoms with Crippen LogP contribution in [0.1, 0.15) is 44.6 Å². The predicted octanol–water partition coefficient (Wildman–Crippen LogP) is 4.66. The Hall–Kier alpha value is -2.15. The maximum atomic E-state index is 12.9. The van der Waals surface area contributed by atoms with Gasteiger partial charge in [0.1, 0.15) is 0 Å². The first-order chi connectivity index (χ1) is 11.8. The molecule has 7 heteroatoms. The molecule has 0 aliphatic heterocycles. The Morgan fingerprint density at radius 2 is 2.12 bits per heavy atom. The topological polar surface area (TPSA) is 41.5 Å². The summed E-state index contributed by atoms with van der Waals surface area (Å²) in [5, 5.41) is 3.70. The Balaban J connectivity index is 1.70. The number of carbonyl (C=O) groups excluding carboxylic acids is 1. The van der Waals surface area contributed by atoms with E-state index in [1.54, 1.807) is 0 Å². The smallest absolute Gasteiger partial charge is 0.266 e. The summed E-state index contributed by atoms with van der Waals surface area (Å²) in [7, 11) is 0. The number of hydrogen-bond donors (Lipinski definition) is 1. The molecule has 2 aromatic rings. The van der Waals surface area contributed by atoms with E-state index in [-0.39, 0.29) is 5.56 Å². The molecule has 1 amide bonds. The molecule has 0 spiro atoms. The second-order valence-corrected chi connectivity index (χ2v) is 7.33. The van der Waals surface area contributed by atoms with Gasteiger partial charge in [0.25, 0.3) is 5.91 Å². The van der Waals surface area contributed by atoms with Crippen LogP contribution in [0, 0.1) is 5.92 Å². The molecule has 132 valence electrons. The number of thiophene rings is 1. The highest BCUT2D eigenvalue weighted by Crippen LogP contribution is 2.32. The Labute approximate surface area is 147 Å². The van der Waals surface area contributed by atoms with E-state index in [0.29, 0.717) is 10.8 Å². The van der Waals surface area contributed by atoms with Gasteiger partial charge >= 0.3 is 6.18 Å². The molecule has 25 heavy (non-hydrogen) atoms. The third kappa shape index (κ3) is 4.10. The largest absolute Gasteiger partial charge is 0.417 e. The normalized spacial score (nSPS) is 17.5. The van der Waals surface area contributed by atoms with Gasteiger partial charge in [0, 0.05) is 10.4 Å². The van der Waals surface area contributed by atoms with Crippen LogP contribution < -0.4 is 5.43 Å². The molecule has 3 nitrogen and oxygen atoms in total. The Kier molecular flexibility index (Phi) is 4.94. The number of hydrazone groups is 1. The molecule has 1 aliphatic carbocycles. The first kappa shape index (κ1) is 17.7. The Morgan fingerprint density at radius 3 is 2.88 bits per heavy atom. The lowest BCUT2D eigenvalue weighted by Crippen LogP contribution is -2.17. The van der Waals surface area contributed by atoms with Crippen molar-refractivity contribution in [2.45, 2.75) is 32.4 Å². The van der Waals surface area contributed by atoms with Crippen molar-refractivity contribution in [2.75, 3.05) is 0 Å². The minimum absolute atomic E-state index is 0.0883. The summed E-state index contributed by atoms with van der Waals surface area (Å²) in [6, 6.07) is 6.97. The molecule has 1 aromatic heterocycles. The van der Waals surface area contributed by atoms with Crippen molar-refractivity contribution in [1.29, 1.82) is 0 Å². The quantitative estimate of drug-likeness (QED) is 0.623. The fourth-order valence-electron chi connectivity index (χ4n) is 2.90. The fourth-order valence-corrected chi connectivity index (χ4v) is 4.00. The minimum Gasteiger partial charge on any atom is -0.266 e. The Bertz CT molecular complexity index is 811. The summed E-state index contributed by atoms with van der Waals surface area (Å²) < 4.78 is 38.7. The van der Waals surface area contributed by atoms with Crippen LogP contribution in [0.25, 0.3) is 0 Å². The summed E-state index contributed by atoms with van der Waals surface area (Å²) >= 11 is 1.43. The number of amides is 1. The molecule has 0 fully saturated rings. The highest BCUT2D eigenvalue weighted by Gasteiger charge is 2.32. The van der Waals surface area contributed by atoms with Gasteiger partial charge < -0.3 is 0 Å². The summed E-state index contributed by atoms with van der Waals surface area (Å²) in [5.74, 6) is 0.211. The van der Waals surface area contributed by atoms with E-state index < -0.39 is 17.6 Å². The van der Waals surface area contributed by atoms with Crippen molar-refractivity contribution >= 4 is 23.5 Å². The maximum absolute atomic E-state index is 12.9. The minimum atomic E-state index is -4.46. The van der Waals surface area contributed by atoms with Crippen molar-refractivity contribution in [3.8, 4) is 0 Å². The van der Waals surface area contributed by atoms with Crippen LogP contribution in [-0.2, 0) is 19.0 Å². The van der Waals surface area contributed by atoms with Crippen molar-refractivity contribution in [3.63, 3.8) is 0 Å². The zero-order chi connectivity index (χ0) is 18.0. The molecule has 0 saturated carbocycles. The van der Waals surface area contributed by atoms with Gasteiger partial charge in [0.15, 0.2) is 0 Å². The number of benzene rings is 1. The summed E-state index contributed by atoms with van der Waals surface area (Å²) in [6.07, 6.45) is -0.397. The van der Waals surface area contributed by atoms with Crippen molar-refractivity contribution in [2.24, 2.45) is 11.0 Å². The van der Waals surface area contributed by atoms with E-state index in [1.165, 1.54) is 40.0 Å². The number of carbonyl (C=O) groups is 1. The van der Waals surface area contributed by atoms with Crippen LogP contribution in [0.15, 0.2) is 35.4 Å². The van der Waals surface area contributed by atoms with Crippen molar-refractivity contribution < 1.29 is 18.0 Å². The lowest BCUT2D eigenvalue weighted by Gasteiger charge is -2.16. The molecule has 0 saturated heterocycles. The SMILES string of the molecule is CC1CCc2sc(C(=O)NN=Cc3ccccc3C(F)(F)F)cc2C1. The number of hydrogen-bond acceptors (Lipinski definition) is 3. The van der Waals surface area contributed by atoms with Gasteiger partial charge in [0.05, 0.1) is 16.7 Å². The number of rotatable bonds is 3. The molecule has 1 atom stereocenters. The molecule has 1 N–H and O–H groups in total. The van der Waals surface area contributed by atoms with Gasteiger partial charge in [0.2, 0.25) is 0 Å². The number of nitrogens with zero attached hydrogens (tertiary/aromatic N) is 1. The highest BCUT2D eigenvalue weighted by molar-refractivity contribution is 7.14. The van der Waals surface area contributed by atoms with Gasteiger partial charge in [-0.3, -0.25) is 4.79 Å². The summed E-state index contributed by atoms with van der Waals surface area (Å²) in [4.78, 5) is 13.9. The Morgan fingerprint density at radius 1 is 1.36 bits per heavy atom. The highest BCUT2D eigenvalue weighted by atomic mass is 32.1. The van der Waals surface area contributed by atoms with Gasteiger partial charge in [-0.05, 0) is 42.9 Å². The van der Waals surface area contributed by atoms with E-state index in [9.17, 15) is 18.0 Å². The summed E-state index contributed by atoms with van der Waals surface area (Å²) in [6.45, 7) is 2.18. The maximum Gasteiger partial charge on any atom is 0.417 e. The van der Waals surface area contributed by atoms with Crippen LogP contribution in [0.3, 0.4) is 0 Å². The molecular formula is C18H17F3N2OS.